The predicted molar refractivity (Wildman–Crippen MR) is 331 cm³/mol. The van der Waals surface area contributed by atoms with Crippen molar-refractivity contribution in [2.75, 3.05) is 26.4 Å². The Morgan fingerprint density at radius 3 is 1.20 bits per heavy atom. The van der Waals surface area contributed by atoms with Crippen molar-refractivity contribution in [1.29, 1.82) is 0 Å². The number of ether oxygens (including phenoxy) is 11. The van der Waals surface area contributed by atoms with Crippen molar-refractivity contribution < 1.29 is 158 Å². The van der Waals surface area contributed by atoms with Gasteiger partial charge in [0.05, 0.1) is 18.2 Å². The summed E-state index contributed by atoms with van der Waals surface area (Å²) in [4.78, 5) is 50.4. The monoisotopic (exact) mass is 1390 g/mol. The average Bonchev–Trinajstić information content (AvgIpc) is 0.759. The van der Waals surface area contributed by atoms with Crippen molar-refractivity contribution in [3.8, 4) is 68.6 Å². The highest BCUT2D eigenvalue weighted by Gasteiger charge is 2.50. The minimum atomic E-state index is -2.23. The molecule has 4 aromatic carbocycles. The van der Waals surface area contributed by atoms with Gasteiger partial charge in [-0.2, -0.15) is 0 Å². The third-order valence-corrected chi connectivity index (χ3v) is 16.0. The molecule has 0 aromatic heterocycles. The van der Waals surface area contributed by atoms with Gasteiger partial charge in [0, 0.05) is 29.8 Å². The molecular formula is C66H69O33+. The zero-order valence-corrected chi connectivity index (χ0v) is 51.3. The second kappa shape index (κ2) is 31.7. The van der Waals surface area contributed by atoms with Gasteiger partial charge in [-0.25, -0.2) is 9.59 Å². The number of phenolic OH excluding ortho intramolecular Hbond substituents is 4. The van der Waals surface area contributed by atoms with Crippen LogP contribution in [0.25, 0.3) is 40.9 Å². The van der Waals surface area contributed by atoms with Gasteiger partial charge in [-0.3, -0.25) is 4.79 Å². The molecule has 5 aliphatic heterocycles. The molecule has 99 heavy (non-hydrogen) atoms. The predicted octanol–water partition coefficient (Wildman–Crippen LogP) is -2.28. The maximum atomic E-state index is 14.2. The molecule has 0 radical (unpaired) electrons. The molecule has 0 amide bonds. The van der Waals surface area contributed by atoms with Crippen molar-refractivity contribution >= 4 is 36.1 Å². The Labute approximate surface area is 558 Å². The fourth-order valence-corrected chi connectivity index (χ4v) is 10.4. The van der Waals surface area contributed by atoms with Crippen LogP contribution in [0.15, 0.2) is 131 Å². The van der Waals surface area contributed by atoms with Gasteiger partial charge >= 0.3 is 17.9 Å². The van der Waals surface area contributed by atoms with E-state index < -0.39 is 224 Å². The first-order chi connectivity index (χ1) is 47.2. The van der Waals surface area contributed by atoms with Crippen LogP contribution in [0.5, 0.6) is 46.0 Å². The second-order valence-electron chi connectivity index (χ2n) is 23.0. The van der Waals surface area contributed by atoms with Crippen LogP contribution in [0.1, 0.15) is 16.7 Å². The Balaban J connectivity index is 1.01. The van der Waals surface area contributed by atoms with Crippen molar-refractivity contribution in [2.45, 2.75) is 123 Å². The molecule has 5 heterocycles. The second-order valence-corrected chi connectivity index (χ2v) is 23.0. The van der Waals surface area contributed by atoms with Crippen LogP contribution >= 0.6 is 0 Å². The van der Waals surface area contributed by atoms with E-state index >= 15 is 0 Å². The average molecular weight is 1390 g/mol. The van der Waals surface area contributed by atoms with Crippen LogP contribution < -0.4 is 24.4 Å². The summed E-state index contributed by atoms with van der Waals surface area (Å²) in [6.45, 7) is -3.27. The fourth-order valence-electron chi connectivity index (χ4n) is 10.4. The van der Waals surface area contributed by atoms with Gasteiger partial charge in [0.15, 0.2) is 34.5 Å². The van der Waals surface area contributed by atoms with Crippen molar-refractivity contribution in [3.63, 3.8) is 0 Å². The highest BCUT2D eigenvalue weighted by molar-refractivity contribution is 5.88. The van der Waals surface area contributed by atoms with Crippen LogP contribution in [0.2, 0.25) is 0 Å². The molecule has 0 unspecified atom stereocenters. The SMILES string of the molecule is O=C(C=Cc1ccc(O)cc1)OC[C@H]1O[C@@H](Oc2cc(-c3oc4cc(O[C@@H]5O[C@@H](COC(=[OH+])C=Cc6ccc(O)cc6)[C@@H](O)[C@H](O)[C@H]5O)cc(=O)c-4cc3O[C@@H]3O[C@H](CO)[C@@H](O)[C@H](O)[C@H]3O)cc(O[C@@H]3O[C@H](COC(=O)C=Cc4ccc(O)cc4)[C@@H](O)[C@@H](O)[C@@H]3O)c2O)[C@H](O)[C@@H](O)[C@@H]1O. The molecule has 4 saturated heterocycles. The first-order valence-corrected chi connectivity index (χ1v) is 30.2. The van der Waals surface area contributed by atoms with E-state index in [1.54, 1.807) is 0 Å². The van der Waals surface area contributed by atoms with Gasteiger partial charge in [0.25, 0.3) is 0 Å². The Bertz CT molecular complexity index is 3750. The number of aliphatic hydroxyl groups excluding tert-OH is 13. The van der Waals surface area contributed by atoms with E-state index in [9.17, 15) is 106 Å². The number of phenols is 4. The third kappa shape index (κ3) is 17.2. The van der Waals surface area contributed by atoms with Gasteiger partial charge in [-0.1, -0.05) is 36.4 Å². The number of carbonyl (C=O) groups is 2. The number of fused-ring (bicyclic) bond motifs is 1. The molecule has 4 aromatic rings. The smallest absolute Gasteiger partial charge is 0.508 e. The van der Waals surface area contributed by atoms with Crippen LogP contribution in [-0.2, 0) is 42.7 Å². The van der Waals surface area contributed by atoms with Gasteiger partial charge in [-0.15, -0.1) is 0 Å². The molecule has 33 nitrogen and oxygen atoms in total. The lowest BCUT2D eigenvalue weighted by Crippen LogP contribution is -2.60. The Hall–Kier alpha value is -9.34. The lowest BCUT2D eigenvalue weighted by Gasteiger charge is -2.40. The van der Waals surface area contributed by atoms with Crippen LogP contribution in [0.4, 0.5) is 0 Å². The zero-order valence-electron chi connectivity index (χ0n) is 51.3. The first-order valence-electron chi connectivity index (χ1n) is 30.2. The number of hydrogen-bond donors (Lipinski definition) is 17. The quantitative estimate of drug-likeness (QED) is 0.0147. The fraction of sp³-hybridized carbons (Fsp3) is 0.364. The number of esters is 3. The standard InChI is InChI=1S/C66H68O33/c67-24-42-50(76)54(80)59(85)66(96-42)95-41-23-36-37(71)21-35(91-63-58(84)55(81)51(77)43(97-63)25-88-46(72)16-7-28-1-10-32(68)11-2-28)22-38(36)92-62(41)31-19-39(93-64-60(86)56(82)52(78)44(98-64)26-89-47(73)17-8-29-3-12-33(69)13-4-29)49(75)40(20-31)94-65-61(87)57(83)53(79)45(99-65)27-90-48(74)18-9-30-5-14-34(70)15-6-30/h1-23,42-45,50-61,63-70,75-87H,24-27H2/p+1/t42-,43+,44-,45-,50-,51-,52-,53-,54+,55+,56-,57+,58-,59-,60+,61-,63-,64-,65-,66-/m1/s1. The van der Waals surface area contributed by atoms with E-state index in [-0.39, 0.29) is 17.2 Å². The summed E-state index contributed by atoms with van der Waals surface area (Å²) in [5.74, 6) is -7.90. The van der Waals surface area contributed by atoms with Gasteiger partial charge in [0.1, 0.15) is 134 Å². The Kier molecular flexibility index (Phi) is 23.2. The minimum Gasteiger partial charge on any atom is -0.508 e. The molecule has 4 fully saturated rings. The topological polar surface area (TPSA) is 531 Å². The normalized spacial score (nSPS) is 30.3. The number of carbonyl (C=O) groups excluding carboxylic acids is 3. The molecule has 0 bridgehead atoms. The van der Waals surface area contributed by atoms with E-state index in [1.165, 1.54) is 91.0 Å². The summed E-state index contributed by atoms with van der Waals surface area (Å²) in [6.07, 6.45) is -32.6. The summed E-state index contributed by atoms with van der Waals surface area (Å²) in [7, 11) is 0. The summed E-state index contributed by atoms with van der Waals surface area (Å²) in [5, 5.41) is 184. The lowest BCUT2D eigenvalue weighted by atomic mass is 9.99. The highest BCUT2D eigenvalue weighted by atomic mass is 16.7. The molecule has 1 aliphatic carbocycles. The summed E-state index contributed by atoms with van der Waals surface area (Å²) < 4.78 is 69.2. The molecule has 0 saturated carbocycles. The Morgan fingerprint density at radius 1 is 0.424 bits per heavy atom. The number of aromatic hydroxyl groups is 4. The van der Waals surface area contributed by atoms with Gasteiger partial charge < -0.3 is 148 Å². The van der Waals surface area contributed by atoms with E-state index in [2.05, 4.69) is 0 Å². The molecule has 10 rings (SSSR count). The van der Waals surface area contributed by atoms with E-state index in [0.717, 1.165) is 48.6 Å². The van der Waals surface area contributed by atoms with Crippen molar-refractivity contribution in [2.24, 2.45) is 0 Å². The maximum absolute atomic E-state index is 14.2. The van der Waals surface area contributed by atoms with Crippen LogP contribution in [0.3, 0.4) is 0 Å². The highest BCUT2D eigenvalue weighted by Crippen LogP contribution is 2.47. The molecule has 33 heteroatoms. The number of rotatable bonds is 22. The summed E-state index contributed by atoms with van der Waals surface area (Å²) in [6, 6.07) is 21.8. The summed E-state index contributed by atoms with van der Waals surface area (Å²) in [5.41, 5.74) is -0.375. The van der Waals surface area contributed by atoms with E-state index in [1.807, 2.05) is 0 Å². The number of aliphatic hydroxyl groups is 13. The van der Waals surface area contributed by atoms with Gasteiger partial charge in [-0.05, 0) is 89.5 Å². The molecule has 6 aliphatic rings. The third-order valence-electron chi connectivity index (χ3n) is 16.0. The zero-order chi connectivity index (χ0) is 71.1. The lowest BCUT2D eigenvalue weighted by molar-refractivity contribution is -0.279. The molecule has 530 valence electrons. The van der Waals surface area contributed by atoms with Crippen molar-refractivity contribution in [3.05, 3.63) is 148 Å². The largest absolute Gasteiger partial charge is 0.510 e. The maximum Gasteiger partial charge on any atom is 0.510 e. The molecule has 0 spiro atoms. The molecule has 20 atom stereocenters. The number of benzene rings is 5. The van der Waals surface area contributed by atoms with Crippen LogP contribution in [-0.4, -0.2) is 259 Å². The minimum absolute atomic E-state index is 0.0138. The van der Waals surface area contributed by atoms with E-state index in [4.69, 9.17) is 56.5 Å². The Morgan fingerprint density at radius 2 is 0.788 bits per heavy atom. The number of hydrogen-bond acceptors (Lipinski definition) is 32. The molecule has 18 N–H and O–H groups in total. The molecular weight excluding hydrogens is 1320 g/mol. The summed E-state index contributed by atoms with van der Waals surface area (Å²) >= 11 is 0. The van der Waals surface area contributed by atoms with Crippen LogP contribution in [0, 0.1) is 0 Å². The first kappa shape index (κ1) is 72.4. The van der Waals surface area contributed by atoms with Gasteiger partial charge in [0.2, 0.25) is 37.5 Å². The van der Waals surface area contributed by atoms with E-state index in [0.29, 0.717) is 16.7 Å². The van der Waals surface area contributed by atoms with Crippen molar-refractivity contribution in [1.82, 2.24) is 0 Å².